The van der Waals surface area contributed by atoms with E-state index in [-0.39, 0.29) is 30.7 Å². The van der Waals surface area contributed by atoms with E-state index >= 15 is 0 Å². The first-order valence-corrected chi connectivity index (χ1v) is 11.1. The summed E-state index contributed by atoms with van der Waals surface area (Å²) in [4.78, 5) is 41.6. The number of anilines is 2. The van der Waals surface area contributed by atoms with Crippen molar-refractivity contribution in [2.75, 3.05) is 25.1 Å². The largest absolute Gasteiger partial charge is 0.397 e. The Morgan fingerprint density at radius 1 is 1.16 bits per heavy atom. The zero-order chi connectivity index (χ0) is 22.8. The second-order valence-electron chi connectivity index (χ2n) is 7.93. The number of amides is 3. The highest BCUT2D eigenvalue weighted by molar-refractivity contribution is 7.13. The monoisotopic (exact) mass is 448 g/mol. The second-order valence-corrected chi connectivity index (χ2v) is 8.88. The number of thiophene rings is 1. The molecule has 0 aliphatic carbocycles. The van der Waals surface area contributed by atoms with Gasteiger partial charge in [0.15, 0.2) is 0 Å². The number of nitrogens with one attached hydrogen (secondary N) is 1. The molecular weight excluding hydrogens is 424 g/mol. The zero-order valence-electron chi connectivity index (χ0n) is 17.9. The van der Waals surface area contributed by atoms with Crippen molar-refractivity contribution in [3.05, 3.63) is 71.1 Å². The third-order valence-corrected chi connectivity index (χ3v) is 6.43. The Hall–Kier alpha value is -3.49. The van der Waals surface area contributed by atoms with E-state index in [0.717, 1.165) is 16.0 Å². The van der Waals surface area contributed by atoms with Gasteiger partial charge < -0.3 is 11.1 Å². The number of nitrogen functional groups attached to an aromatic ring is 1. The van der Waals surface area contributed by atoms with Gasteiger partial charge in [-0.05, 0) is 60.9 Å². The molecule has 8 heteroatoms. The fourth-order valence-corrected chi connectivity index (χ4v) is 4.36. The molecule has 1 aliphatic rings. The Labute approximate surface area is 190 Å². The van der Waals surface area contributed by atoms with Crippen LogP contribution in [0, 0.1) is 0 Å². The van der Waals surface area contributed by atoms with Crippen LogP contribution in [0.1, 0.15) is 22.3 Å². The van der Waals surface area contributed by atoms with Gasteiger partial charge in [-0.25, -0.2) is 0 Å². The molecule has 1 atom stereocenters. The van der Waals surface area contributed by atoms with Crippen molar-refractivity contribution in [3.8, 4) is 10.4 Å². The SMILES string of the molecule is CN(C)C1CC(=O)N(Cc2ccc(C(=O)Nc3cc(-c4cccs4)ccc3N)cc2)C1=O. The molecule has 1 aromatic heterocycles. The summed E-state index contributed by atoms with van der Waals surface area (Å²) in [6.07, 6.45) is 0.193. The smallest absolute Gasteiger partial charge is 0.255 e. The van der Waals surface area contributed by atoms with Crippen LogP contribution in [0.5, 0.6) is 0 Å². The van der Waals surface area contributed by atoms with Crippen LogP contribution in [0.15, 0.2) is 60.0 Å². The van der Waals surface area contributed by atoms with E-state index in [9.17, 15) is 14.4 Å². The first-order valence-electron chi connectivity index (χ1n) is 10.2. The normalized spacial score (nSPS) is 16.1. The molecule has 1 saturated heterocycles. The number of likely N-dealkylation sites (N-methyl/N-ethyl adjacent to an activating group) is 1. The molecule has 4 rings (SSSR count). The van der Waals surface area contributed by atoms with Gasteiger partial charge >= 0.3 is 0 Å². The van der Waals surface area contributed by atoms with Crippen molar-refractivity contribution in [1.82, 2.24) is 9.80 Å². The van der Waals surface area contributed by atoms with Crippen LogP contribution >= 0.6 is 11.3 Å². The van der Waals surface area contributed by atoms with Crippen molar-refractivity contribution in [1.29, 1.82) is 0 Å². The van der Waals surface area contributed by atoms with Gasteiger partial charge in [0.1, 0.15) is 0 Å². The molecule has 2 aromatic carbocycles. The number of nitrogens with zero attached hydrogens (tertiary/aromatic N) is 2. The summed E-state index contributed by atoms with van der Waals surface area (Å²) in [7, 11) is 3.57. The topological polar surface area (TPSA) is 95.7 Å². The summed E-state index contributed by atoms with van der Waals surface area (Å²) < 4.78 is 0. The lowest BCUT2D eigenvalue weighted by molar-refractivity contribution is -0.140. The maximum absolute atomic E-state index is 12.8. The fraction of sp³-hybridized carbons (Fsp3) is 0.208. The van der Waals surface area contributed by atoms with E-state index in [4.69, 9.17) is 5.73 Å². The summed E-state index contributed by atoms with van der Waals surface area (Å²) in [5.41, 5.74) is 9.31. The highest BCUT2D eigenvalue weighted by Crippen LogP contribution is 2.30. The average molecular weight is 449 g/mol. The Bertz CT molecular complexity index is 1160. The molecule has 3 aromatic rings. The summed E-state index contributed by atoms with van der Waals surface area (Å²) in [5.74, 6) is -0.660. The van der Waals surface area contributed by atoms with Crippen molar-refractivity contribution < 1.29 is 14.4 Å². The predicted molar refractivity (Wildman–Crippen MR) is 126 cm³/mol. The summed E-state index contributed by atoms with van der Waals surface area (Å²) >= 11 is 1.61. The fourth-order valence-electron chi connectivity index (χ4n) is 3.63. The molecule has 1 unspecified atom stereocenters. The quantitative estimate of drug-likeness (QED) is 0.445. The Morgan fingerprint density at radius 3 is 2.53 bits per heavy atom. The van der Waals surface area contributed by atoms with Crippen LogP contribution in [0.4, 0.5) is 11.4 Å². The van der Waals surface area contributed by atoms with E-state index in [1.54, 1.807) is 60.7 Å². The number of rotatable bonds is 6. The van der Waals surface area contributed by atoms with Gasteiger partial charge in [0.05, 0.1) is 30.4 Å². The van der Waals surface area contributed by atoms with Gasteiger partial charge in [-0.2, -0.15) is 0 Å². The van der Waals surface area contributed by atoms with Crippen LogP contribution in [0.25, 0.3) is 10.4 Å². The summed E-state index contributed by atoms with van der Waals surface area (Å²) in [6, 6.07) is 16.0. The van der Waals surface area contributed by atoms with Gasteiger partial charge in [0.2, 0.25) is 11.8 Å². The third-order valence-electron chi connectivity index (χ3n) is 5.51. The van der Waals surface area contributed by atoms with E-state index in [1.165, 1.54) is 4.90 Å². The number of likely N-dealkylation sites (tertiary alicyclic amines) is 1. The lowest BCUT2D eigenvalue weighted by atomic mass is 10.1. The van der Waals surface area contributed by atoms with Gasteiger partial charge in [-0.3, -0.25) is 24.2 Å². The van der Waals surface area contributed by atoms with Crippen molar-refractivity contribution >= 4 is 40.4 Å². The molecule has 3 amide bonds. The third kappa shape index (κ3) is 4.42. The maximum Gasteiger partial charge on any atom is 0.255 e. The molecule has 0 radical (unpaired) electrons. The molecule has 2 heterocycles. The van der Waals surface area contributed by atoms with E-state index < -0.39 is 6.04 Å². The van der Waals surface area contributed by atoms with Crippen molar-refractivity contribution in [2.24, 2.45) is 0 Å². The molecule has 3 N–H and O–H groups in total. The summed E-state index contributed by atoms with van der Waals surface area (Å²) in [5, 5.41) is 4.87. The summed E-state index contributed by atoms with van der Waals surface area (Å²) in [6.45, 7) is 0.194. The van der Waals surface area contributed by atoms with Gasteiger partial charge in [-0.15, -0.1) is 11.3 Å². The number of nitrogens with two attached hydrogens (primary N) is 1. The number of hydrogen-bond donors (Lipinski definition) is 2. The zero-order valence-corrected chi connectivity index (χ0v) is 18.7. The Kier molecular flexibility index (Phi) is 6.07. The minimum atomic E-state index is -0.414. The van der Waals surface area contributed by atoms with Gasteiger partial charge in [0, 0.05) is 10.4 Å². The highest BCUT2D eigenvalue weighted by atomic mass is 32.1. The lowest BCUT2D eigenvalue weighted by Gasteiger charge is -2.18. The molecule has 0 bridgehead atoms. The average Bonchev–Trinajstić information content (AvgIpc) is 3.40. The van der Waals surface area contributed by atoms with Crippen LogP contribution in [0.3, 0.4) is 0 Å². The maximum atomic E-state index is 12.8. The number of imide groups is 1. The number of benzene rings is 2. The Morgan fingerprint density at radius 2 is 1.91 bits per heavy atom. The number of hydrogen-bond acceptors (Lipinski definition) is 6. The van der Waals surface area contributed by atoms with E-state index in [1.807, 2.05) is 29.6 Å². The number of carbonyl (C=O) groups excluding carboxylic acids is 3. The first-order chi connectivity index (χ1) is 15.3. The van der Waals surface area contributed by atoms with E-state index in [0.29, 0.717) is 16.9 Å². The molecule has 0 saturated carbocycles. The second kappa shape index (κ2) is 8.94. The molecule has 164 valence electrons. The van der Waals surface area contributed by atoms with Crippen LogP contribution in [0.2, 0.25) is 0 Å². The van der Waals surface area contributed by atoms with Gasteiger partial charge in [0.25, 0.3) is 5.91 Å². The Balaban J connectivity index is 1.45. The standard InChI is InChI=1S/C24H24N4O3S/c1-27(2)20-13-22(29)28(24(20)31)14-15-5-7-16(8-6-15)23(30)26-19-12-17(9-10-18(19)25)21-4-3-11-32-21/h3-12,20H,13-14,25H2,1-2H3,(H,26,30). The van der Waals surface area contributed by atoms with E-state index in [2.05, 4.69) is 5.32 Å². The molecule has 32 heavy (non-hydrogen) atoms. The minimum absolute atomic E-state index is 0.184. The van der Waals surface area contributed by atoms with Crippen LogP contribution in [-0.4, -0.2) is 47.7 Å². The molecule has 0 spiro atoms. The first kappa shape index (κ1) is 21.7. The lowest BCUT2D eigenvalue weighted by Crippen LogP contribution is -2.37. The molecule has 7 nitrogen and oxygen atoms in total. The van der Waals surface area contributed by atoms with Crippen LogP contribution < -0.4 is 11.1 Å². The van der Waals surface area contributed by atoms with Crippen molar-refractivity contribution in [3.63, 3.8) is 0 Å². The van der Waals surface area contributed by atoms with Crippen LogP contribution in [-0.2, 0) is 16.1 Å². The highest BCUT2D eigenvalue weighted by Gasteiger charge is 2.39. The predicted octanol–water partition coefficient (Wildman–Crippen LogP) is 3.44. The minimum Gasteiger partial charge on any atom is -0.397 e. The molecule has 1 aliphatic heterocycles. The molecular formula is C24H24N4O3S. The van der Waals surface area contributed by atoms with Crippen molar-refractivity contribution in [2.45, 2.75) is 19.0 Å². The van der Waals surface area contributed by atoms with Gasteiger partial charge in [-0.1, -0.05) is 24.3 Å². The number of carbonyl (C=O) groups is 3. The molecule has 1 fully saturated rings.